The number of rotatable bonds is 3. The Morgan fingerprint density at radius 3 is 2.60 bits per heavy atom. The Bertz CT molecular complexity index is 407. The number of carboxylic acid groups (broad SMARTS) is 1. The van der Waals surface area contributed by atoms with E-state index in [1.54, 1.807) is 19.1 Å². The topological polar surface area (TPSA) is 66.8 Å². The van der Waals surface area contributed by atoms with Crippen molar-refractivity contribution in [3.05, 3.63) is 35.1 Å². The van der Waals surface area contributed by atoms with Gasteiger partial charge < -0.3 is 14.9 Å². The van der Waals surface area contributed by atoms with Gasteiger partial charge in [0.25, 0.3) is 0 Å². The first-order valence-electron chi connectivity index (χ1n) is 4.33. The monoisotopic (exact) mass is 208 g/mol. The van der Waals surface area contributed by atoms with Gasteiger partial charge in [-0.05, 0) is 36.3 Å². The van der Waals surface area contributed by atoms with E-state index < -0.39 is 5.97 Å². The first-order valence-corrected chi connectivity index (χ1v) is 4.33. The molecule has 0 fully saturated rings. The number of aromatic hydroxyl groups is 1. The summed E-state index contributed by atoms with van der Waals surface area (Å²) in [5.74, 6) is -1.10. The van der Waals surface area contributed by atoms with Gasteiger partial charge in [0.05, 0.1) is 7.11 Å². The van der Waals surface area contributed by atoms with Gasteiger partial charge in [-0.3, -0.25) is 0 Å². The van der Waals surface area contributed by atoms with Crippen molar-refractivity contribution in [2.24, 2.45) is 0 Å². The molecule has 0 bridgehead atoms. The van der Waals surface area contributed by atoms with Crippen LogP contribution in [0, 0.1) is 6.92 Å². The van der Waals surface area contributed by atoms with E-state index in [0.717, 1.165) is 5.56 Å². The second-order valence-corrected chi connectivity index (χ2v) is 3.06. The molecule has 0 aliphatic rings. The Morgan fingerprint density at radius 2 is 2.13 bits per heavy atom. The Balaban J connectivity index is 3.12. The number of hydrogen-bond acceptors (Lipinski definition) is 3. The van der Waals surface area contributed by atoms with E-state index in [9.17, 15) is 4.79 Å². The Morgan fingerprint density at radius 1 is 1.47 bits per heavy atom. The standard InChI is InChI=1S/C11H12O4/c1-7-5-9(12)4-3-8(7)6-10(15-2)11(13)14/h3-6,12H,1-2H3,(H,13,14)/b10-6-. The highest BCUT2D eigenvalue weighted by Crippen LogP contribution is 2.18. The summed E-state index contributed by atoms with van der Waals surface area (Å²) in [7, 11) is 1.30. The van der Waals surface area contributed by atoms with Gasteiger partial charge >= 0.3 is 5.97 Å². The smallest absolute Gasteiger partial charge is 0.371 e. The zero-order valence-corrected chi connectivity index (χ0v) is 8.52. The van der Waals surface area contributed by atoms with Gasteiger partial charge in [0.2, 0.25) is 5.76 Å². The van der Waals surface area contributed by atoms with Gasteiger partial charge in [-0.15, -0.1) is 0 Å². The molecule has 1 aromatic rings. The number of hydrogen-bond donors (Lipinski definition) is 2. The summed E-state index contributed by atoms with van der Waals surface area (Å²) in [5.41, 5.74) is 1.48. The van der Waals surface area contributed by atoms with Crippen molar-refractivity contribution in [3.63, 3.8) is 0 Å². The molecule has 1 aromatic carbocycles. The molecule has 0 aliphatic carbocycles. The van der Waals surface area contributed by atoms with Gasteiger partial charge in [0.15, 0.2) is 0 Å². The van der Waals surface area contributed by atoms with Crippen LogP contribution >= 0.6 is 0 Å². The average Bonchev–Trinajstić information content (AvgIpc) is 2.16. The quantitative estimate of drug-likeness (QED) is 0.586. The van der Waals surface area contributed by atoms with E-state index in [2.05, 4.69) is 0 Å². The summed E-state index contributed by atoms with van der Waals surface area (Å²) in [4.78, 5) is 10.7. The minimum Gasteiger partial charge on any atom is -0.508 e. The number of aryl methyl sites for hydroxylation is 1. The van der Waals surface area contributed by atoms with Crippen molar-refractivity contribution in [1.29, 1.82) is 0 Å². The van der Waals surface area contributed by atoms with Gasteiger partial charge in [-0.1, -0.05) is 6.07 Å². The van der Waals surface area contributed by atoms with E-state index in [0.29, 0.717) is 5.56 Å². The summed E-state index contributed by atoms with van der Waals surface area (Å²) in [6.07, 6.45) is 1.41. The van der Waals surface area contributed by atoms with E-state index in [1.807, 2.05) is 0 Å². The number of aliphatic carboxylic acids is 1. The highest BCUT2D eigenvalue weighted by atomic mass is 16.5. The van der Waals surface area contributed by atoms with Crippen molar-refractivity contribution in [1.82, 2.24) is 0 Å². The third kappa shape index (κ3) is 2.74. The number of phenolic OH excluding ortho intramolecular Hbond substituents is 1. The molecule has 4 heteroatoms. The fourth-order valence-corrected chi connectivity index (χ4v) is 1.17. The van der Waals surface area contributed by atoms with Crippen LogP contribution < -0.4 is 0 Å². The van der Waals surface area contributed by atoms with Gasteiger partial charge in [0, 0.05) is 0 Å². The zero-order chi connectivity index (χ0) is 11.4. The van der Waals surface area contributed by atoms with Gasteiger partial charge in [-0.2, -0.15) is 0 Å². The summed E-state index contributed by atoms with van der Waals surface area (Å²) in [5, 5.41) is 17.9. The summed E-state index contributed by atoms with van der Waals surface area (Å²) in [6.45, 7) is 1.78. The van der Waals surface area contributed by atoms with Crippen LogP contribution in [0.3, 0.4) is 0 Å². The first kappa shape index (κ1) is 11.1. The summed E-state index contributed by atoms with van der Waals surface area (Å²) >= 11 is 0. The molecule has 0 atom stereocenters. The molecule has 0 amide bonds. The number of carboxylic acids is 1. The molecule has 0 radical (unpaired) electrons. The van der Waals surface area contributed by atoms with Crippen LogP contribution in [-0.2, 0) is 9.53 Å². The van der Waals surface area contributed by atoms with E-state index in [4.69, 9.17) is 14.9 Å². The lowest BCUT2D eigenvalue weighted by Gasteiger charge is -2.03. The van der Waals surface area contributed by atoms with Crippen molar-refractivity contribution in [3.8, 4) is 5.75 Å². The SMILES string of the molecule is CO/C(=C\c1ccc(O)cc1C)C(=O)O. The molecule has 4 nitrogen and oxygen atoms in total. The predicted octanol–water partition coefficient (Wildman–Crippen LogP) is 1.77. The van der Waals surface area contributed by atoms with Crippen LogP contribution in [0.25, 0.3) is 6.08 Å². The number of phenols is 1. The summed E-state index contributed by atoms with van der Waals surface area (Å²) < 4.78 is 4.70. The van der Waals surface area contributed by atoms with Crippen LogP contribution in [0.2, 0.25) is 0 Å². The lowest BCUT2D eigenvalue weighted by molar-refractivity contribution is -0.135. The maximum Gasteiger partial charge on any atom is 0.371 e. The van der Waals surface area contributed by atoms with Crippen LogP contribution in [0.15, 0.2) is 24.0 Å². The van der Waals surface area contributed by atoms with E-state index in [1.165, 1.54) is 19.3 Å². The molecule has 0 saturated carbocycles. The molecule has 0 saturated heterocycles. The maximum absolute atomic E-state index is 10.7. The molecule has 0 aromatic heterocycles. The molecule has 0 unspecified atom stereocenters. The lowest BCUT2D eigenvalue weighted by atomic mass is 10.1. The fraction of sp³-hybridized carbons (Fsp3) is 0.182. The Labute approximate surface area is 87.4 Å². The number of carbonyl (C=O) groups is 1. The van der Waals surface area contributed by atoms with Crippen molar-refractivity contribution < 1.29 is 19.7 Å². The largest absolute Gasteiger partial charge is 0.508 e. The number of ether oxygens (including phenoxy) is 1. The average molecular weight is 208 g/mol. The molecular formula is C11H12O4. The maximum atomic E-state index is 10.7. The molecule has 15 heavy (non-hydrogen) atoms. The molecule has 0 heterocycles. The zero-order valence-electron chi connectivity index (χ0n) is 8.52. The van der Waals surface area contributed by atoms with Crippen LogP contribution in [0.4, 0.5) is 0 Å². The normalized spacial score (nSPS) is 11.2. The molecular weight excluding hydrogens is 196 g/mol. The minimum atomic E-state index is -1.12. The second kappa shape index (κ2) is 4.50. The molecule has 80 valence electrons. The molecule has 2 N–H and O–H groups in total. The van der Waals surface area contributed by atoms with E-state index >= 15 is 0 Å². The Kier molecular flexibility index (Phi) is 3.33. The van der Waals surface area contributed by atoms with Gasteiger partial charge in [-0.25, -0.2) is 4.79 Å². The van der Waals surface area contributed by atoms with Crippen molar-refractivity contribution >= 4 is 12.0 Å². The highest BCUT2D eigenvalue weighted by Gasteiger charge is 2.07. The van der Waals surface area contributed by atoms with Crippen molar-refractivity contribution in [2.45, 2.75) is 6.92 Å². The lowest BCUT2D eigenvalue weighted by Crippen LogP contribution is -2.02. The van der Waals surface area contributed by atoms with Crippen LogP contribution in [0.5, 0.6) is 5.75 Å². The van der Waals surface area contributed by atoms with Gasteiger partial charge in [0.1, 0.15) is 5.75 Å². The predicted molar refractivity (Wildman–Crippen MR) is 55.5 cm³/mol. The highest BCUT2D eigenvalue weighted by molar-refractivity contribution is 5.90. The van der Waals surface area contributed by atoms with Crippen LogP contribution in [0.1, 0.15) is 11.1 Å². The van der Waals surface area contributed by atoms with Crippen LogP contribution in [-0.4, -0.2) is 23.3 Å². The number of methoxy groups -OCH3 is 1. The fourth-order valence-electron chi connectivity index (χ4n) is 1.17. The summed E-state index contributed by atoms with van der Waals surface area (Å²) in [6, 6.07) is 4.68. The second-order valence-electron chi connectivity index (χ2n) is 3.06. The van der Waals surface area contributed by atoms with E-state index in [-0.39, 0.29) is 11.5 Å². The third-order valence-electron chi connectivity index (χ3n) is 1.97. The first-order chi connectivity index (χ1) is 7.04. The Hall–Kier alpha value is -1.97. The molecule has 0 spiro atoms. The third-order valence-corrected chi connectivity index (χ3v) is 1.97. The molecule has 0 aliphatic heterocycles. The number of benzene rings is 1. The van der Waals surface area contributed by atoms with Crippen molar-refractivity contribution in [2.75, 3.05) is 7.11 Å². The minimum absolute atomic E-state index is 0.135. The molecule has 1 rings (SSSR count).